The average Bonchev–Trinajstić information content (AvgIpc) is 3.34. The Labute approximate surface area is 424 Å². The number of rotatable bonds is 57. The van der Waals surface area contributed by atoms with E-state index in [9.17, 15) is 19.8 Å². The second kappa shape index (κ2) is 57.9. The van der Waals surface area contributed by atoms with Crippen molar-refractivity contribution < 1.29 is 24.5 Å². The molecule has 68 heavy (non-hydrogen) atoms. The van der Waals surface area contributed by atoms with Crippen LogP contribution in [0.2, 0.25) is 0 Å². The number of hydrogen-bond acceptors (Lipinski definition) is 5. The summed E-state index contributed by atoms with van der Waals surface area (Å²) in [6, 6.07) is -0.540. The molecule has 0 aromatic heterocycles. The van der Waals surface area contributed by atoms with Gasteiger partial charge in [0.25, 0.3) is 0 Å². The van der Waals surface area contributed by atoms with Crippen LogP contribution in [0.4, 0.5) is 0 Å². The van der Waals surface area contributed by atoms with Crippen LogP contribution in [0.5, 0.6) is 0 Å². The molecule has 6 heteroatoms. The zero-order valence-corrected chi connectivity index (χ0v) is 45.9. The molecular formula is C62H119NO5. The summed E-state index contributed by atoms with van der Waals surface area (Å²) in [5, 5.41) is 23.3. The molecule has 0 aliphatic carbocycles. The lowest BCUT2D eigenvalue weighted by atomic mass is 10.0. The van der Waals surface area contributed by atoms with E-state index < -0.39 is 12.1 Å². The number of aliphatic hydroxyl groups is 2. The van der Waals surface area contributed by atoms with Gasteiger partial charge in [0.05, 0.1) is 25.4 Å². The molecule has 1 amide bonds. The number of ether oxygens (including phenoxy) is 1. The zero-order chi connectivity index (χ0) is 49.3. The highest BCUT2D eigenvalue weighted by molar-refractivity contribution is 5.76. The van der Waals surface area contributed by atoms with Gasteiger partial charge in [-0.25, -0.2) is 0 Å². The van der Waals surface area contributed by atoms with Crippen molar-refractivity contribution in [2.24, 2.45) is 0 Å². The number of carbonyl (C=O) groups is 2. The van der Waals surface area contributed by atoms with Gasteiger partial charge in [-0.15, -0.1) is 0 Å². The van der Waals surface area contributed by atoms with Crippen LogP contribution in [0.3, 0.4) is 0 Å². The Balaban J connectivity index is 3.36. The van der Waals surface area contributed by atoms with Gasteiger partial charge in [0.15, 0.2) is 0 Å². The molecule has 0 aromatic carbocycles. The maximum absolute atomic E-state index is 12.5. The molecule has 0 bridgehead atoms. The molecule has 0 fully saturated rings. The Morgan fingerprint density at radius 2 is 0.765 bits per heavy atom. The number of amides is 1. The summed E-state index contributed by atoms with van der Waals surface area (Å²) in [6.07, 6.45) is 70.4. The van der Waals surface area contributed by atoms with Crippen molar-refractivity contribution >= 4 is 11.9 Å². The number of unbranched alkanes of at least 4 members (excludes halogenated alkanes) is 42. The predicted molar refractivity (Wildman–Crippen MR) is 296 cm³/mol. The Morgan fingerprint density at radius 1 is 0.412 bits per heavy atom. The lowest BCUT2D eigenvalue weighted by molar-refractivity contribution is -0.143. The largest absolute Gasteiger partial charge is 0.466 e. The maximum Gasteiger partial charge on any atom is 0.305 e. The van der Waals surface area contributed by atoms with E-state index >= 15 is 0 Å². The number of hydrogen-bond donors (Lipinski definition) is 3. The van der Waals surface area contributed by atoms with Crippen LogP contribution in [0.25, 0.3) is 0 Å². The van der Waals surface area contributed by atoms with E-state index in [1.807, 2.05) is 0 Å². The topological polar surface area (TPSA) is 95.9 Å². The monoisotopic (exact) mass is 958 g/mol. The Kier molecular flexibility index (Phi) is 56.5. The first-order valence-corrected chi connectivity index (χ1v) is 30.6. The third kappa shape index (κ3) is 53.7. The third-order valence-electron chi connectivity index (χ3n) is 14.2. The average molecular weight is 959 g/mol. The molecule has 0 aromatic rings. The van der Waals surface area contributed by atoms with Gasteiger partial charge >= 0.3 is 5.97 Å². The molecule has 0 radical (unpaired) electrons. The Hall–Kier alpha value is -1.66. The molecule has 0 heterocycles. The van der Waals surface area contributed by atoms with Crippen molar-refractivity contribution in [1.82, 2.24) is 5.32 Å². The van der Waals surface area contributed by atoms with Gasteiger partial charge in [0.2, 0.25) is 5.91 Å². The first-order chi connectivity index (χ1) is 33.5. The summed E-state index contributed by atoms with van der Waals surface area (Å²) in [5.41, 5.74) is 0. The molecule has 3 N–H and O–H groups in total. The van der Waals surface area contributed by atoms with E-state index in [2.05, 4.69) is 43.5 Å². The molecule has 6 nitrogen and oxygen atoms in total. The van der Waals surface area contributed by atoms with Gasteiger partial charge in [-0.1, -0.05) is 295 Å². The molecule has 0 spiro atoms. The van der Waals surface area contributed by atoms with Crippen molar-refractivity contribution in [2.75, 3.05) is 13.2 Å². The quantitative estimate of drug-likeness (QED) is 0.0321. The van der Waals surface area contributed by atoms with Crippen molar-refractivity contribution in [3.05, 3.63) is 24.3 Å². The van der Waals surface area contributed by atoms with Gasteiger partial charge in [-0.05, 0) is 51.4 Å². The summed E-state index contributed by atoms with van der Waals surface area (Å²) in [7, 11) is 0. The van der Waals surface area contributed by atoms with E-state index in [0.29, 0.717) is 25.9 Å². The number of nitrogens with one attached hydrogen (secondary N) is 1. The van der Waals surface area contributed by atoms with Gasteiger partial charge in [-0.2, -0.15) is 0 Å². The van der Waals surface area contributed by atoms with E-state index in [-0.39, 0.29) is 18.5 Å². The molecule has 0 saturated heterocycles. The van der Waals surface area contributed by atoms with Crippen LogP contribution in [0, 0.1) is 0 Å². The van der Waals surface area contributed by atoms with Gasteiger partial charge in [0, 0.05) is 12.8 Å². The Morgan fingerprint density at radius 3 is 1.18 bits per heavy atom. The first-order valence-electron chi connectivity index (χ1n) is 30.6. The summed E-state index contributed by atoms with van der Waals surface area (Å²) in [4.78, 5) is 24.5. The number of allylic oxidation sites excluding steroid dienone is 4. The second-order valence-corrected chi connectivity index (χ2v) is 21.0. The second-order valence-electron chi connectivity index (χ2n) is 21.0. The van der Waals surface area contributed by atoms with Crippen LogP contribution in [0.1, 0.15) is 335 Å². The molecule has 0 saturated carbocycles. The number of esters is 1. The minimum Gasteiger partial charge on any atom is -0.466 e. The summed E-state index contributed by atoms with van der Waals surface area (Å²) in [5.74, 6) is -0.0321. The van der Waals surface area contributed by atoms with Crippen LogP contribution < -0.4 is 5.32 Å². The first kappa shape index (κ1) is 66.3. The zero-order valence-electron chi connectivity index (χ0n) is 45.9. The van der Waals surface area contributed by atoms with Crippen LogP contribution in [0.15, 0.2) is 24.3 Å². The van der Waals surface area contributed by atoms with E-state index in [4.69, 9.17) is 4.74 Å². The van der Waals surface area contributed by atoms with Crippen molar-refractivity contribution in [3.63, 3.8) is 0 Å². The normalized spacial score (nSPS) is 12.7. The van der Waals surface area contributed by atoms with Crippen molar-refractivity contribution in [3.8, 4) is 0 Å². The van der Waals surface area contributed by atoms with Crippen LogP contribution in [-0.2, 0) is 14.3 Å². The van der Waals surface area contributed by atoms with Crippen molar-refractivity contribution in [2.45, 2.75) is 347 Å². The van der Waals surface area contributed by atoms with Gasteiger partial charge < -0.3 is 20.3 Å². The summed E-state index contributed by atoms with van der Waals surface area (Å²) >= 11 is 0. The fourth-order valence-corrected chi connectivity index (χ4v) is 9.56. The fraction of sp³-hybridized carbons (Fsp3) is 0.903. The molecule has 0 aliphatic heterocycles. The van der Waals surface area contributed by atoms with Crippen LogP contribution >= 0.6 is 0 Å². The summed E-state index contributed by atoms with van der Waals surface area (Å²) in [6.45, 7) is 4.90. The summed E-state index contributed by atoms with van der Waals surface area (Å²) < 4.78 is 5.47. The fourth-order valence-electron chi connectivity index (χ4n) is 9.56. The van der Waals surface area contributed by atoms with E-state index in [1.165, 1.54) is 250 Å². The Bertz CT molecular complexity index is 1060. The highest BCUT2D eigenvalue weighted by atomic mass is 16.5. The number of carbonyl (C=O) groups excluding carboxylic acids is 2. The highest BCUT2D eigenvalue weighted by Gasteiger charge is 2.20. The predicted octanol–water partition coefficient (Wildman–Crippen LogP) is 19.0. The molecular weight excluding hydrogens is 839 g/mol. The maximum atomic E-state index is 12.5. The molecule has 402 valence electrons. The smallest absolute Gasteiger partial charge is 0.305 e. The van der Waals surface area contributed by atoms with Crippen LogP contribution in [-0.4, -0.2) is 47.4 Å². The van der Waals surface area contributed by atoms with Crippen molar-refractivity contribution in [1.29, 1.82) is 0 Å². The molecule has 0 aliphatic rings. The minimum atomic E-state index is -0.663. The number of aliphatic hydroxyl groups excluding tert-OH is 2. The molecule has 0 rings (SSSR count). The third-order valence-corrected chi connectivity index (χ3v) is 14.2. The SMILES string of the molecule is CCC/C=C\C/C=C\CCCCCCCC(=O)OCCCCCCCCCCCCCCCCCCCCCCCCCCC(=O)NC(CO)C(O)CCCCCCCCCCCCCCCC. The standard InChI is InChI=1S/C62H119NO5/c1-3-5-7-9-11-13-15-17-31-34-38-42-46-50-54-60(65)59(58-64)63-61(66)55-51-47-43-39-35-32-28-26-24-22-20-18-19-21-23-25-27-29-33-37-41-45-49-53-57-68-62(67)56-52-48-44-40-36-30-16-14-12-10-8-6-4-2/h8,10,14,16,59-60,64-65H,3-7,9,11-13,15,17-58H2,1-2H3,(H,63,66)/b10-8-,16-14-. The minimum absolute atomic E-state index is 0.000309. The van der Waals surface area contributed by atoms with Gasteiger partial charge in [0.1, 0.15) is 0 Å². The molecule has 2 unspecified atom stereocenters. The molecule has 2 atom stereocenters. The highest BCUT2D eigenvalue weighted by Crippen LogP contribution is 2.18. The lowest BCUT2D eigenvalue weighted by Crippen LogP contribution is -2.45. The van der Waals surface area contributed by atoms with E-state index in [0.717, 1.165) is 51.4 Å². The van der Waals surface area contributed by atoms with E-state index in [1.54, 1.807) is 0 Å². The van der Waals surface area contributed by atoms with Gasteiger partial charge in [-0.3, -0.25) is 9.59 Å². The lowest BCUT2D eigenvalue weighted by Gasteiger charge is -2.22.